The normalized spacial score (nSPS) is 11.9. The summed E-state index contributed by atoms with van der Waals surface area (Å²) in [6.07, 6.45) is 3.93. The number of nitrogens with zero attached hydrogens (tertiary/aromatic N) is 4. The van der Waals surface area contributed by atoms with Crippen molar-refractivity contribution < 1.29 is 9.84 Å². The second kappa shape index (κ2) is 9.48. The van der Waals surface area contributed by atoms with Gasteiger partial charge in [0.25, 0.3) is 5.56 Å². The van der Waals surface area contributed by atoms with Crippen LogP contribution in [0.1, 0.15) is 42.4 Å². The quantitative estimate of drug-likeness (QED) is 0.344. The lowest BCUT2D eigenvalue weighted by Gasteiger charge is -2.08. The van der Waals surface area contributed by atoms with Crippen molar-refractivity contribution in [2.75, 3.05) is 7.11 Å². The van der Waals surface area contributed by atoms with E-state index in [2.05, 4.69) is 32.9 Å². The summed E-state index contributed by atoms with van der Waals surface area (Å²) in [5.41, 5.74) is 2.75. The maximum absolute atomic E-state index is 13.5. The summed E-state index contributed by atoms with van der Waals surface area (Å²) < 4.78 is 8.04. The van der Waals surface area contributed by atoms with Crippen LogP contribution in [0, 0.1) is 6.92 Å². The molecule has 0 atom stereocenters. The Morgan fingerprint density at radius 3 is 2.88 bits per heavy atom. The number of hydrogen-bond acceptors (Lipinski definition) is 7. The zero-order valence-electron chi connectivity index (χ0n) is 18.1. The number of phenols is 1. The van der Waals surface area contributed by atoms with E-state index in [-0.39, 0.29) is 11.3 Å². The zero-order valence-corrected chi connectivity index (χ0v) is 20.5. The number of thiophene rings is 1. The van der Waals surface area contributed by atoms with Crippen LogP contribution in [0.4, 0.5) is 0 Å². The zero-order chi connectivity index (χ0) is 22.8. The maximum atomic E-state index is 13.5. The highest BCUT2D eigenvalue weighted by molar-refractivity contribution is 9.10. The average Bonchev–Trinajstić information content (AvgIpc) is 3.12. The van der Waals surface area contributed by atoms with Crippen molar-refractivity contribution in [3.05, 3.63) is 61.7 Å². The van der Waals surface area contributed by atoms with Gasteiger partial charge in [0.05, 0.1) is 18.3 Å². The van der Waals surface area contributed by atoms with E-state index in [1.165, 1.54) is 22.2 Å². The van der Waals surface area contributed by atoms with Crippen molar-refractivity contribution in [1.29, 1.82) is 0 Å². The fourth-order valence-corrected chi connectivity index (χ4v) is 5.08. The molecular weight excluding hydrogens is 492 g/mol. The van der Waals surface area contributed by atoms with Crippen LogP contribution in [0.3, 0.4) is 0 Å². The van der Waals surface area contributed by atoms with Crippen LogP contribution in [-0.4, -0.2) is 33.1 Å². The molecule has 7 nitrogen and oxygen atoms in total. The first kappa shape index (κ1) is 22.6. The number of aryl methyl sites for hydroxylation is 2. The van der Waals surface area contributed by atoms with Gasteiger partial charge in [0.15, 0.2) is 0 Å². The van der Waals surface area contributed by atoms with E-state index in [0.29, 0.717) is 34.6 Å². The summed E-state index contributed by atoms with van der Waals surface area (Å²) in [6, 6.07) is 7.03. The van der Waals surface area contributed by atoms with Crippen LogP contribution in [0.5, 0.6) is 5.75 Å². The van der Waals surface area contributed by atoms with Gasteiger partial charge in [-0.2, -0.15) is 9.78 Å². The Balaban J connectivity index is 1.96. The summed E-state index contributed by atoms with van der Waals surface area (Å²) in [7, 11) is 1.65. The van der Waals surface area contributed by atoms with Crippen molar-refractivity contribution in [3.63, 3.8) is 0 Å². The lowest BCUT2D eigenvalue weighted by atomic mass is 10.1. The van der Waals surface area contributed by atoms with E-state index < -0.39 is 0 Å². The molecule has 4 rings (SSSR count). The van der Waals surface area contributed by atoms with Gasteiger partial charge in [-0.3, -0.25) is 4.79 Å². The van der Waals surface area contributed by atoms with E-state index >= 15 is 0 Å². The topological polar surface area (TPSA) is 89.6 Å². The molecule has 0 aliphatic heterocycles. The number of benzene rings is 1. The molecule has 32 heavy (non-hydrogen) atoms. The minimum Gasteiger partial charge on any atom is -0.507 e. The predicted molar refractivity (Wildman–Crippen MR) is 132 cm³/mol. The smallest absolute Gasteiger partial charge is 0.292 e. The van der Waals surface area contributed by atoms with Gasteiger partial charge in [-0.25, -0.2) is 9.97 Å². The Hall–Kier alpha value is -2.62. The van der Waals surface area contributed by atoms with Crippen molar-refractivity contribution in [2.24, 2.45) is 5.10 Å². The maximum Gasteiger partial charge on any atom is 0.292 e. The van der Waals surface area contributed by atoms with Gasteiger partial charge in [0.1, 0.15) is 21.1 Å². The molecule has 0 saturated heterocycles. The fourth-order valence-electron chi connectivity index (χ4n) is 3.57. The average molecular weight is 515 g/mol. The number of fused-ring (bicyclic) bond motifs is 3. The van der Waals surface area contributed by atoms with Gasteiger partial charge in [-0.05, 0) is 43.2 Å². The molecule has 3 heterocycles. The Kier molecular flexibility index (Phi) is 6.68. The van der Waals surface area contributed by atoms with E-state index in [1.807, 2.05) is 13.0 Å². The summed E-state index contributed by atoms with van der Waals surface area (Å²) >= 11 is 4.72. The number of aromatic nitrogens is 3. The molecular formula is C23H23BrN4O3S. The van der Waals surface area contributed by atoms with Gasteiger partial charge in [-0.1, -0.05) is 29.3 Å². The molecule has 0 spiro atoms. The molecule has 0 bridgehead atoms. The third kappa shape index (κ3) is 4.32. The first-order valence-electron chi connectivity index (χ1n) is 10.3. The summed E-state index contributed by atoms with van der Waals surface area (Å²) in [5, 5.41) is 15.4. The van der Waals surface area contributed by atoms with Crippen LogP contribution in [0.15, 0.2) is 38.6 Å². The highest BCUT2D eigenvalue weighted by atomic mass is 79.9. The Morgan fingerprint density at radius 1 is 1.31 bits per heavy atom. The molecule has 0 amide bonds. The molecule has 0 fully saturated rings. The number of phenolic OH excluding ortho intramolecular Hbond substituents is 1. The molecule has 0 saturated carbocycles. The second-order valence-corrected chi connectivity index (χ2v) is 9.43. The van der Waals surface area contributed by atoms with E-state index in [1.54, 1.807) is 25.3 Å². The molecule has 0 aliphatic carbocycles. The van der Waals surface area contributed by atoms with E-state index in [0.717, 1.165) is 38.8 Å². The number of pyridine rings is 1. The number of aromatic hydroxyl groups is 1. The lowest BCUT2D eigenvalue weighted by molar-refractivity contribution is 0.186. The second-order valence-electron chi connectivity index (χ2n) is 7.51. The first-order chi connectivity index (χ1) is 15.4. The Labute approximate surface area is 197 Å². The molecule has 3 aromatic heterocycles. The fraction of sp³-hybridized carbons (Fsp3) is 0.304. The minimum atomic E-state index is -0.240. The van der Waals surface area contributed by atoms with Gasteiger partial charge in [-0.15, -0.1) is 11.3 Å². The highest BCUT2D eigenvalue weighted by Crippen LogP contribution is 2.33. The van der Waals surface area contributed by atoms with Crippen LogP contribution < -0.4 is 5.56 Å². The number of methoxy groups -OCH3 is 1. The molecule has 4 aromatic rings. The van der Waals surface area contributed by atoms with Crippen molar-refractivity contribution in [3.8, 4) is 5.75 Å². The minimum absolute atomic E-state index is 0.0832. The SMILES string of the molecule is CCCCc1nc2c(sc3nc(C)cc(COC)c32)c(=O)n1/N=C\c1cc(Br)ccc1O. The van der Waals surface area contributed by atoms with Gasteiger partial charge in [0, 0.05) is 34.6 Å². The molecule has 1 N–H and O–H groups in total. The lowest BCUT2D eigenvalue weighted by Crippen LogP contribution is -2.21. The van der Waals surface area contributed by atoms with Crippen LogP contribution >= 0.6 is 27.3 Å². The van der Waals surface area contributed by atoms with Crippen molar-refractivity contribution in [2.45, 2.75) is 39.7 Å². The summed E-state index contributed by atoms with van der Waals surface area (Å²) in [4.78, 5) is 23.8. The number of rotatable bonds is 7. The first-order valence-corrected chi connectivity index (χ1v) is 11.9. The molecule has 0 unspecified atom stereocenters. The third-order valence-electron chi connectivity index (χ3n) is 5.07. The molecule has 166 valence electrons. The van der Waals surface area contributed by atoms with Crippen LogP contribution in [-0.2, 0) is 17.8 Å². The standard InChI is InChI=1S/C23H23BrN4O3S/c1-4-5-6-18-27-20-19-15(12-31-3)9-13(2)26-22(19)32-21(20)23(30)28(18)25-11-14-10-16(24)7-8-17(14)29/h7-11,29H,4-6,12H2,1-3H3/b25-11-. The van der Waals surface area contributed by atoms with Crippen LogP contribution in [0.2, 0.25) is 0 Å². The van der Waals surface area contributed by atoms with Gasteiger partial charge < -0.3 is 9.84 Å². The number of halogens is 1. The van der Waals surface area contributed by atoms with Crippen LogP contribution in [0.25, 0.3) is 20.4 Å². The highest BCUT2D eigenvalue weighted by Gasteiger charge is 2.19. The van der Waals surface area contributed by atoms with E-state index in [9.17, 15) is 9.90 Å². The van der Waals surface area contributed by atoms with Gasteiger partial charge in [0.2, 0.25) is 0 Å². The Bertz CT molecular complexity index is 1390. The number of ether oxygens (including phenoxy) is 1. The number of hydrogen-bond donors (Lipinski definition) is 1. The van der Waals surface area contributed by atoms with E-state index in [4.69, 9.17) is 9.72 Å². The summed E-state index contributed by atoms with van der Waals surface area (Å²) in [6.45, 7) is 4.43. The summed E-state index contributed by atoms with van der Waals surface area (Å²) in [5.74, 6) is 0.665. The largest absolute Gasteiger partial charge is 0.507 e. The molecule has 0 aliphatic rings. The molecule has 1 aromatic carbocycles. The van der Waals surface area contributed by atoms with Crippen molar-refractivity contribution >= 4 is 53.9 Å². The Morgan fingerprint density at radius 2 is 2.12 bits per heavy atom. The van der Waals surface area contributed by atoms with Crippen molar-refractivity contribution in [1.82, 2.24) is 14.6 Å². The van der Waals surface area contributed by atoms with Gasteiger partial charge >= 0.3 is 0 Å². The third-order valence-corrected chi connectivity index (χ3v) is 6.63. The molecule has 9 heteroatoms. The molecule has 0 radical (unpaired) electrons. The monoisotopic (exact) mass is 514 g/mol. The number of unbranched alkanes of at least 4 members (excludes halogenated alkanes) is 1. The predicted octanol–water partition coefficient (Wildman–Crippen LogP) is 5.15.